The predicted octanol–water partition coefficient (Wildman–Crippen LogP) is 0.210. The van der Waals surface area contributed by atoms with Gasteiger partial charge in [0.1, 0.15) is 0 Å². The van der Waals surface area contributed by atoms with Crippen molar-refractivity contribution in [3.05, 3.63) is 0 Å². The topological polar surface area (TPSA) is 87.3 Å². The highest BCUT2D eigenvalue weighted by atomic mass is 32.2. The molecule has 0 saturated carbocycles. The van der Waals surface area contributed by atoms with Crippen molar-refractivity contribution in [3.8, 4) is 0 Å². The Morgan fingerprint density at radius 2 is 1.85 bits per heavy atom. The lowest BCUT2D eigenvalue weighted by atomic mass is 9.96. The molecular formula is C13H27N3O3S. The van der Waals surface area contributed by atoms with E-state index >= 15 is 0 Å². The molecule has 0 aromatic carbocycles. The number of hydrogen-bond acceptors (Lipinski definition) is 4. The van der Waals surface area contributed by atoms with E-state index in [0.29, 0.717) is 12.3 Å². The van der Waals surface area contributed by atoms with E-state index in [1.165, 1.54) is 0 Å². The van der Waals surface area contributed by atoms with Crippen molar-refractivity contribution in [3.63, 3.8) is 0 Å². The Labute approximate surface area is 122 Å². The average molecular weight is 305 g/mol. The van der Waals surface area contributed by atoms with E-state index in [4.69, 9.17) is 0 Å². The summed E-state index contributed by atoms with van der Waals surface area (Å²) in [5, 5.41) is 5.98. The highest BCUT2D eigenvalue weighted by Gasteiger charge is 2.19. The van der Waals surface area contributed by atoms with Crippen molar-refractivity contribution in [2.24, 2.45) is 5.92 Å². The van der Waals surface area contributed by atoms with Gasteiger partial charge in [0.05, 0.1) is 12.3 Å². The molecule has 1 saturated heterocycles. The number of sulfonamides is 1. The molecule has 7 heteroatoms. The van der Waals surface area contributed by atoms with Crippen LogP contribution < -0.4 is 15.4 Å². The lowest BCUT2D eigenvalue weighted by molar-refractivity contribution is -0.121. The molecule has 0 aromatic heterocycles. The number of hydrogen-bond donors (Lipinski definition) is 3. The minimum Gasteiger partial charge on any atom is -0.350 e. The van der Waals surface area contributed by atoms with E-state index in [2.05, 4.69) is 15.4 Å². The van der Waals surface area contributed by atoms with Crippen LogP contribution >= 0.6 is 0 Å². The Kier molecular flexibility index (Phi) is 6.42. The zero-order chi connectivity index (χ0) is 15.2. The monoisotopic (exact) mass is 305 g/mol. The average Bonchev–Trinajstić information content (AvgIpc) is 2.34. The van der Waals surface area contributed by atoms with Gasteiger partial charge in [-0.3, -0.25) is 4.79 Å². The van der Waals surface area contributed by atoms with E-state index in [1.807, 2.05) is 20.8 Å². The molecule has 0 atom stereocenters. The molecule has 0 aliphatic carbocycles. The molecule has 6 nitrogen and oxygen atoms in total. The summed E-state index contributed by atoms with van der Waals surface area (Å²) in [6, 6.07) is 0. The second-order valence-electron chi connectivity index (χ2n) is 6.42. The van der Waals surface area contributed by atoms with Crippen LogP contribution in [0.3, 0.4) is 0 Å². The lowest BCUT2D eigenvalue weighted by Gasteiger charge is -2.22. The molecule has 1 rings (SSSR count). The van der Waals surface area contributed by atoms with Crippen molar-refractivity contribution >= 4 is 15.9 Å². The molecule has 0 spiro atoms. The summed E-state index contributed by atoms with van der Waals surface area (Å²) in [5.74, 6) is 0.264. The Morgan fingerprint density at radius 3 is 2.40 bits per heavy atom. The van der Waals surface area contributed by atoms with Gasteiger partial charge in [-0.15, -0.1) is 0 Å². The molecule has 0 aromatic rings. The molecule has 0 unspecified atom stereocenters. The number of amides is 1. The van der Waals surface area contributed by atoms with Gasteiger partial charge < -0.3 is 10.6 Å². The van der Waals surface area contributed by atoms with E-state index in [1.54, 1.807) is 0 Å². The zero-order valence-corrected chi connectivity index (χ0v) is 13.5. The van der Waals surface area contributed by atoms with Gasteiger partial charge in [0, 0.05) is 5.54 Å². The molecule has 1 aliphatic rings. The van der Waals surface area contributed by atoms with E-state index in [9.17, 15) is 13.2 Å². The van der Waals surface area contributed by atoms with Crippen LogP contribution in [0.5, 0.6) is 0 Å². The van der Waals surface area contributed by atoms with Crippen LogP contribution in [0.15, 0.2) is 0 Å². The van der Waals surface area contributed by atoms with Crippen LogP contribution in [-0.2, 0) is 14.8 Å². The normalized spacial score (nSPS) is 17.9. The Morgan fingerprint density at radius 1 is 1.25 bits per heavy atom. The van der Waals surface area contributed by atoms with Gasteiger partial charge in [-0.25, -0.2) is 13.1 Å². The highest BCUT2D eigenvalue weighted by Crippen LogP contribution is 2.16. The predicted molar refractivity (Wildman–Crippen MR) is 79.9 cm³/mol. The van der Waals surface area contributed by atoms with Crippen molar-refractivity contribution in [2.45, 2.75) is 45.6 Å². The number of carbonyl (C=O) groups is 1. The van der Waals surface area contributed by atoms with Crippen molar-refractivity contribution in [1.82, 2.24) is 15.4 Å². The molecule has 0 bridgehead atoms. The number of piperidine rings is 1. The van der Waals surface area contributed by atoms with Crippen LogP contribution in [0.2, 0.25) is 0 Å². The summed E-state index contributed by atoms with van der Waals surface area (Å²) in [7, 11) is -3.36. The van der Waals surface area contributed by atoms with Crippen LogP contribution in [0.4, 0.5) is 0 Å². The summed E-state index contributed by atoms with van der Waals surface area (Å²) < 4.78 is 26.0. The van der Waals surface area contributed by atoms with Crippen LogP contribution in [-0.4, -0.2) is 45.3 Å². The summed E-state index contributed by atoms with van der Waals surface area (Å²) >= 11 is 0. The molecule has 0 radical (unpaired) electrons. The molecule has 1 heterocycles. The molecule has 1 aliphatic heterocycles. The van der Waals surface area contributed by atoms with Crippen molar-refractivity contribution in [2.75, 3.05) is 25.4 Å². The maximum atomic E-state index is 11.8. The van der Waals surface area contributed by atoms with Gasteiger partial charge >= 0.3 is 0 Å². The zero-order valence-electron chi connectivity index (χ0n) is 12.7. The summed E-state index contributed by atoms with van der Waals surface area (Å²) in [5.41, 5.74) is -0.350. The number of rotatable bonds is 6. The third kappa shape index (κ3) is 7.81. The first-order valence-electron chi connectivity index (χ1n) is 7.17. The minimum absolute atomic E-state index is 0.0977. The summed E-state index contributed by atoms with van der Waals surface area (Å²) in [6.45, 7) is 7.31. The second-order valence-corrected chi connectivity index (χ2v) is 8.35. The first-order valence-corrected chi connectivity index (χ1v) is 8.82. The fourth-order valence-corrected chi connectivity index (χ4v) is 3.34. The Bertz CT molecular complexity index is 409. The summed E-state index contributed by atoms with van der Waals surface area (Å²) in [4.78, 5) is 11.6. The molecule has 20 heavy (non-hydrogen) atoms. The molecule has 3 N–H and O–H groups in total. The van der Waals surface area contributed by atoms with Gasteiger partial charge in [-0.05, 0) is 59.0 Å². The SMILES string of the molecule is CC(C)(C)NC(=O)CNS(=O)(=O)CCC1CCNCC1. The Balaban J connectivity index is 2.28. The first kappa shape index (κ1) is 17.4. The van der Waals surface area contributed by atoms with E-state index in [-0.39, 0.29) is 23.7 Å². The molecule has 1 fully saturated rings. The van der Waals surface area contributed by atoms with Crippen molar-refractivity contribution < 1.29 is 13.2 Å². The maximum absolute atomic E-state index is 11.8. The summed E-state index contributed by atoms with van der Waals surface area (Å²) in [6.07, 6.45) is 2.72. The second kappa shape index (κ2) is 7.38. The van der Waals surface area contributed by atoms with Gasteiger partial charge in [0.2, 0.25) is 15.9 Å². The highest BCUT2D eigenvalue weighted by molar-refractivity contribution is 7.89. The smallest absolute Gasteiger partial charge is 0.235 e. The fraction of sp³-hybridized carbons (Fsp3) is 0.923. The standard InChI is InChI=1S/C13H27N3O3S/c1-13(2,3)16-12(17)10-15-20(18,19)9-6-11-4-7-14-8-5-11/h11,14-15H,4-10H2,1-3H3,(H,16,17). The van der Waals surface area contributed by atoms with Crippen LogP contribution in [0.25, 0.3) is 0 Å². The molecular weight excluding hydrogens is 278 g/mol. The van der Waals surface area contributed by atoms with Crippen molar-refractivity contribution in [1.29, 1.82) is 0 Å². The van der Waals surface area contributed by atoms with Gasteiger partial charge in [0.15, 0.2) is 0 Å². The third-order valence-electron chi connectivity index (χ3n) is 3.22. The minimum atomic E-state index is -3.36. The van der Waals surface area contributed by atoms with Crippen LogP contribution in [0.1, 0.15) is 40.0 Å². The van der Waals surface area contributed by atoms with E-state index < -0.39 is 10.0 Å². The number of carbonyl (C=O) groups excluding carboxylic acids is 1. The fourth-order valence-electron chi connectivity index (χ4n) is 2.20. The van der Waals surface area contributed by atoms with Gasteiger partial charge in [-0.2, -0.15) is 0 Å². The third-order valence-corrected chi connectivity index (χ3v) is 4.58. The van der Waals surface area contributed by atoms with Gasteiger partial charge in [0.25, 0.3) is 0 Å². The van der Waals surface area contributed by atoms with Crippen LogP contribution in [0, 0.1) is 5.92 Å². The Hall–Kier alpha value is -0.660. The largest absolute Gasteiger partial charge is 0.350 e. The maximum Gasteiger partial charge on any atom is 0.235 e. The molecule has 1 amide bonds. The van der Waals surface area contributed by atoms with E-state index in [0.717, 1.165) is 25.9 Å². The van der Waals surface area contributed by atoms with Gasteiger partial charge in [-0.1, -0.05) is 0 Å². The number of nitrogens with one attached hydrogen (secondary N) is 3. The quantitative estimate of drug-likeness (QED) is 0.655. The lowest BCUT2D eigenvalue weighted by Crippen LogP contribution is -2.46. The first-order chi connectivity index (χ1) is 9.18. The molecule has 118 valence electrons.